The molecule has 0 aliphatic rings. The first-order valence-electron chi connectivity index (χ1n) is 6.18. The summed E-state index contributed by atoms with van der Waals surface area (Å²) in [5, 5.41) is 15.7. The van der Waals surface area contributed by atoms with Crippen molar-refractivity contribution in [2.45, 2.75) is 19.4 Å². The van der Waals surface area contributed by atoms with E-state index >= 15 is 0 Å². The highest BCUT2D eigenvalue weighted by Crippen LogP contribution is 2.09. The molecular weight excluding hydrogens is 242 g/mol. The number of amides is 1. The Labute approximate surface area is 111 Å². The van der Waals surface area contributed by atoms with Crippen LogP contribution in [0.5, 0.6) is 0 Å². The molecule has 19 heavy (non-hydrogen) atoms. The normalized spacial score (nSPS) is 12.1. The number of carbonyl (C=O) groups is 1. The van der Waals surface area contributed by atoms with Gasteiger partial charge in [-0.1, -0.05) is 12.1 Å². The zero-order chi connectivity index (χ0) is 13.7. The monoisotopic (exact) mass is 259 g/mol. The van der Waals surface area contributed by atoms with Gasteiger partial charge in [0.1, 0.15) is 0 Å². The first kappa shape index (κ1) is 13.3. The number of hydrogen-bond acceptors (Lipinski definition) is 3. The molecule has 5 nitrogen and oxygen atoms in total. The Bertz CT molecular complexity index is 520. The van der Waals surface area contributed by atoms with Gasteiger partial charge in [-0.05, 0) is 30.7 Å². The van der Waals surface area contributed by atoms with Crippen LogP contribution in [0.15, 0.2) is 42.7 Å². The first-order valence-corrected chi connectivity index (χ1v) is 6.18. The molecule has 2 rings (SSSR count). The third-order valence-electron chi connectivity index (χ3n) is 2.75. The van der Waals surface area contributed by atoms with Crippen molar-refractivity contribution in [1.29, 1.82) is 0 Å². The molecule has 0 fully saturated rings. The van der Waals surface area contributed by atoms with Crippen molar-refractivity contribution < 1.29 is 9.90 Å². The Morgan fingerprint density at radius 1 is 1.42 bits per heavy atom. The molecule has 2 aromatic rings. The van der Waals surface area contributed by atoms with E-state index in [1.54, 1.807) is 17.8 Å². The Kier molecular flexibility index (Phi) is 4.30. The van der Waals surface area contributed by atoms with E-state index in [2.05, 4.69) is 10.4 Å². The second-order valence-electron chi connectivity index (χ2n) is 4.44. The topological polar surface area (TPSA) is 67.2 Å². The number of benzene rings is 1. The van der Waals surface area contributed by atoms with Crippen molar-refractivity contribution in [2.24, 2.45) is 0 Å². The molecule has 0 bridgehead atoms. The van der Waals surface area contributed by atoms with Crippen LogP contribution in [0.2, 0.25) is 0 Å². The van der Waals surface area contributed by atoms with Gasteiger partial charge in [-0.15, -0.1) is 0 Å². The maximum atomic E-state index is 11.7. The number of aromatic nitrogens is 2. The maximum absolute atomic E-state index is 11.7. The average molecular weight is 259 g/mol. The Morgan fingerprint density at radius 3 is 2.74 bits per heavy atom. The van der Waals surface area contributed by atoms with Crippen LogP contribution in [0.1, 0.15) is 12.5 Å². The van der Waals surface area contributed by atoms with Crippen LogP contribution in [0.25, 0.3) is 5.69 Å². The second kappa shape index (κ2) is 6.15. The number of aliphatic hydroxyl groups excluding tert-OH is 1. The van der Waals surface area contributed by atoms with E-state index in [1.165, 1.54) is 0 Å². The number of aliphatic hydroxyl groups is 1. The number of hydrogen-bond donors (Lipinski definition) is 2. The standard InChI is InChI=1S/C14H17N3O2/c1-11(10-18)16-14(19)9-12-3-5-13(6-4-12)17-8-2-7-15-17/h2-8,11,18H,9-10H2,1H3,(H,16,19). The van der Waals surface area contributed by atoms with E-state index in [4.69, 9.17) is 5.11 Å². The fourth-order valence-corrected chi connectivity index (χ4v) is 1.74. The van der Waals surface area contributed by atoms with E-state index < -0.39 is 0 Å². The molecule has 1 atom stereocenters. The Balaban J connectivity index is 1.97. The van der Waals surface area contributed by atoms with E-state index in [0.717, 1.165) is 11.3 Å². The minimum Gasteiger partial charge on any atom is -0.394 e. The average Bonchev–Trinajstić information content (AvgIpc) is 2.93. The largest absolute Gasteiger partial charge is 0.394 e. The molecule has 100 valence electrons. The van der Waals surface area contributed by atoms with E-state index in [9.17, 15) is 4.79 Å². The highest BCUT2D eigenvalue weighted by atomic mass is 16.3. The van der Waals surface area contributed by atoms with E-state index in [-0.39, 0.29) is 18.6 Å². The summed E-state index contributed by atoms with van der Waals surface area (Å²) < 4.78 is 1.76. The van der Waals surface area contributed by atoms with Gasteiger partial charge in [-0.3, -0.25) is 4.79 Å². The summed E-state index contributed by atoms with van der Waals surface area (Å²) >= 11 is 0. The minimum absolute atomic E-state index is 0.0516. The molecule has 1 aromatic carbocycles. The molecule has 0 radical (unpaired) electrons. The van der Waals surface area contributed by atoms with Crippen LogP contribution < -0.4 is 5.32 Å². The van der Waals surface area contributed by atoms with Crippen LogP contribution >= 0.6 is 0 Å². The molecule has 5 heteroatoms. The maximum Gasteiger partial charge on any atom is 0.224 e. The smallest absolute Gasteiger partial charge is 0.224 e. The van der Waals surface area contributed by atoms with Crippen molar-refractivity contribution in [3.05, 3.63) is 48.3 Å². The third-order valence-corrected chi connectivity index (χ3v) is 2.75. The molecule has 1 heterocycles. The lowest BCUT2D eigenvalue weighted by molar-refractivity contribution is -0.121. The molecule has 0 saturated heterocycles. The van der Waals surface area contributed by atoms with Gasteiger partial charge in [0, 0.05) is 18.4 Å². The predicted octanol–water partition coefficient (Wildman–Crippen LogP) is 0.912. The minimum atomic E-state index is -0.212. The van der Waals surface area contributed by atoms with Crippen molar-refractivity contribution in [3.63, 3.8) is 0 Å². The van der Waals surface area contributed by atoms with Crippen molar-refractivity contribution in [2.75, 3.05) is 6.61 Å². The summed E-state index contributed by atoms with van der Waals surface area (Å²) in [7, 11) is 0. The van der Waals surface area contributed by atoms with Gasteiger partial charge in [0.25, 0.3) is 0 Å². The molecular formula is C14H17N3O2. The Hall–Kier alpha value is -2.14. The summed E-state index contributed by atoms with van der Waals surface area (Å²) in [6, 6.07) is 9.30. The van der Waals surface area contributed by atoms with Gasteiger partial charge < -0.3 is 10.4 Å². The summed E-state index contributed by atoms with van der Waals surface area (Å²) in [5.74, 6) is -0.0895. The molecule has 0 aliphatic heterocycles. The molecule has 1 amide bonds. The van der Waals surface area contributed by atoms with E-state index in [1.807, 2.05) is 36.5 Å². The molecule has 1 unspecified atom stereocenters. The zero-order valence-electron chi connectivity index (χ0n) is 10.8. The summed E-state index contributed by atoms with van der Waals surface area (Å²) in [6.07, 6.45) is 3.89. The van der Waals surface area contributed by atoms with Gasteiger partial charge in [0.05, 0.1) is 18.7 Å². The highest BCUT2D eigenvalue weighted by molar-refractivity contribution is 5.78. The fourth-order valence-electron chi connectivity index (χ4n) is 1.74. The van der Waals surface area contributed by atoms with Gasteiger partial charge in [-0.2, -0.15) is 5.10 Å². The lowest BCUT2D eigenvalue weighted by atomic mass is 10.1. The molecule has 1 aromatic heterocycles. The number of nitrogens with one attached hydrogen (secondary N) is 1. The molecule has 2 N–H and O–H groups in total. The van der Waals surface area contributed by atoms with Crippen molar-refractivity contribution >= 4 is 5.91 Å². The van der Waals surface area contributed by atoms with Crippen molar-refractivity contribution in [1.82, 2.24) is 15.1 Å². The van der Waals surface area contributed by atoms with Crippen LogP contribution in [-0.4, -0.2) is 33.4 Å². The van der Waals surface area contributed by atoms with Gasteiger partial charge >= 0.3 is 0 Å². The zero-order valence-corrected chi connectivity index (χ0v) is 10.8. The predicted molar refractivity (Wildman–Crippen MR) is 72.0 cm³/mol. The van der Waals surface area contributed by atoms with Crippen LogP contribution in [0, 0.1) is 0 Å². The lowest BCUT2D eigenvalue weighted by Gasteiger charge is -2.10. The molecule has 0 aliphatic carbocycles. The van der Waals surface area contributed by atoms with Gasteiger partial charge in [-0.25, -0.2) is 4.68 Å². The highest BCUT2D eigenvalue weighted by Gasteiger charge is 2.07. The van der Waals surface area contributed by atoms with Crippen LogP contribution in [-0.2, 0) is 11.2 Å². The number of nitrogens with zero attached hydrogens (tertiary/aromatic N) is 2. The molecule has 0 spiro atoms. The van der Waals surface area contributed by atoms with Crippen molar-refractivity contribution in [3.8, 4) is 5.69 Å². The van der Waals surface area contributed by atoms with Crippen LogP contribution in [0.3, 0.4) is 0 Å². The second-order valence-corrected chi connectivity index (χ2v) is 4.44. The lowest BCUT2D eigenvalue weighted by Crippen LogP contribution is -2.35. The third kappa shape index (κ3) is 3.66. The quantitative estimate of drug-likeness (QED) is 0.838. The first-order chi connectivity index (χ1) is 9.19. The summed E-state index contributed by atoms with van der Waals surface area (Å²) in [5.41, 5.74) is 1.89. The van der Waals surface area contributed by atoms with E-state index in [0.29, 0.717) is 6.42 Å². The van der Waals surface area contributed by atoms with Gasteiger partial charge in [0.2, 0.25) is 5.91 Å². The fraction of sp³-hybridized carbons (Fsp3) is 0.286. The van der Waals surface area contributed by atoms with Crippen LogP contribution in [0.4, 0.5) is 0 Å². The van der Waals surface area contributed by atoms with Gasteiger partial charge in [0.15, 0.2) is 0 Å². The Morgan fingerprint density at radius 2 is 2.16 bits per heavy atom. The SMILES string of the molecule is CC(CO)NC(=O)Cc1ccc(-n2cccn2)cc1. The summed E-state index contributed by atoms with van der Waals surface area (Å²) in [4.78, 5) is 11.7. The number of carbonyl (C=O) groups excluding carboxylic acids is 1. The number of rotatable bonds is 5. The summed E-state index contributed by atoms with van der Waals surface area (Å²) in [6.45, 7) is 1.71. The molecule has 0 saturated carbocycles.